The van der Waals surface area contributed by atoms with Crippen molar-refractivity contribution in [1.82, 2.24) is 4.98 Å². The van der Waals surface area contributed by atoms with Crippen LogP contribution in [0.5, 0.6) is 0 Å². The van der Waals surface area contributed by atoms with Crippen molar-refractivity contribution in [1.29, 1.82) is 0 Å². The Morgan fingerprint density at radius 2 is 1.83 bits per heavy atom. The predicted octanol–water partition coefficient (Wildman–Crippen LogP) is 4.49. The Kier molecular flexibility index (Phi) is 3.39. The number of aryl methyl sites for hydroxylation is 1. The second-order valence-electron chi connectivity index (χ2n) is 5.73. The highest BCUT2D eigenvalue weighted by atomic mass is 15.2. The third-order valence-electron chi connectivity index (χ3n) is 4.03. The zero-order chi connectivity index (χ0) is 15.6. The van der Waals surface area contributed by atoms with E-state index < -0.39 is 0 Å². The number of fused-ring (bicyclic) bond motifs is 1. The molecule has 0 amide bonds. The molecule has 3 aromatic rings. The molecule has 112 valence electrons. The Balaban J connectivity index is 1.88. The minimum absolute atomic E-state index is 0.814. The van der Waals surface area contributed by atoms with E-state index in [9.17, 15) is 0 Å². The highest BCUT2D eigenvalue weighted by Crippen LogP contribution is 2.31. The molecular weight excluding hydrogens is 282 g/mol. The number of aliphatic imine (C=N–C) groups is 1. The fourth-order valence-electron chi connectivity index (χ4n) is 2.91. The van der Waals surface area contributed by atoms with Crippen molar-refractivity contribution in [3.63, 3.8) is 0 Å². The van der Waals surface area contributed by atoms with Gasteiger partial charge in [0.25, 0.3) is 0 Å². The van der Waals surface area contributed by atoms with Gasteiger partial charge in [-0.05, 0) is 42.8 Å². The topological polar surface area (TPSA) is 28.5 Å². The minimum Gasteiger partial charge on any atom is -0.321 e. The van der Waals surface area contributed by atoms with Gasteiger partial charge < -0.3 is 4.90 Å². The molecular formula is C20H17N3. The monoisotopic (exact) mass is 299 g/mol. The van der Waals surface area contributed by atoms with E-state index in [1.807, 2.05) is 18.3 Å². The Morgan fingerprint density at radius 3 is 2.61 bits per heavy atom. The van der Waals surface area contributed by atoms with Crippen LogP contribution in [0.4, 0.5) is 11.4 Å². The van der Waals surface area contributed by atoms with Crippen molar-refractivity contribution in [2.45, 2.75) is 13.5 Å². The van der Waals surface area contributed by atoms with Gasteiger partial charge in [0, 0.05) is 23.6 Å². The van der Waals surface area contributed by atoms with Gasteiger partial charge in [0.2, 0.25) is 0 Å². The van der Waals surface area contributed by atoms with Crippen LogP contribution in [0.3, 0.4) is 0 Å². The molecule has 1 aromatic heterocycles. The van der Waals surface area contributed by atoms with E-state index in [-0.39, 0.29) is 0 Å². The summed E-state index contributed by atoms with van der Waals surface area (Å²) >= 11 is 0. The molecule has 4 rings (SSSR count). The number of aromatic nitrogens is 1. The molecule has 0 spiro atoms. The molecule has 0 radical (unpaired) electrons. The van der Waals surface area contributed by atoms with E-state index in [0.29, 0.717) is 0 Å². The van der Waals surface area contributed by atoms with E-state index in [4.69, 9.17) is 4.99 Å². The molecule has 2 heterocycles. The van der Waals surface area contributed by atoms with E-state index in [0.717, 1.165) is 29.3 Å². The normalized spacial score (nSPS) is 13.4. The van der Waals surface area contributed by atoms with E-state index >= 15 is 0 Å². The summed E-state index contributed by atoms with van der Waals surface area (Å²) < 4.78 is 0. The van der Waals surface area contributed by atoms with Crippen LogP contribution in [0.1, 0.15) is 16.7 Å². The van der Waals surface area contributed by atoms with Crippen molar-refractivity contribution in [3.05, 3.63) is 89.7 Å². The number of rotatable bonds is 2. The number of benzene rings is 2. The molecule has 1 aliphatic heterocycles. The number of nitrogens with zero attached hydrogens (tertiary/aromatic N) is 3. The smallest absolute Gasteiger partial charge is 0.142 e. The maximum absolute atomic E-state index is 4.92. The second kappa shape index (κ2) is 5.69. The molecule has 0 atom stereocenters. The highest BCUT2D eigenvalue weighted by Gasteiger charge is 2.22. The van der Waals surface area contributed by atoms with Gasteiger partial charge in [-0.2, -0.15) is 0 Å². The van der Waals surface area contributed by atoms with Gasteiger partial charge in [-0.15, -0.1) is 0 Å². The first-order chi connectivity index (χ1) is 11.3. The van der Waals surface area contributed by atoms with Gasteiger partial charge in [-0.25, -0.2) is 4.99 Å². The van der Waals surface area contributed by atoms with Crippen molar-refractivity contribution in [3.8, 4) is 0 Å². The molecule has 3 heteroatoms. The number of para-hydroxylation sites is 1. The minimum atomic E-state index is 0.814. The van der Waals surface area contributed by atoms with Crippen LogP contribution in [0.25, 0.3) is 0 Å². The lowest BCUT2D eigenvalue weighted by Crippen LogP contribution is -2.33. The lowest BCUT2D eigenvalue weighted by atomic mass is 10.0. The molecule has 0 bridgehead atoms. The Bertz CT molecular complexity index is 855. The summed E-state index contributed by atoms with van der Waals surface area (Å²) in [5.74, 6) is 0.945. The van der Waals surface area contributed by atoms with Gasteiger partial charge >= 0.3 is 0 Å². The van der Waals surface area contributed by atoms with Crippen LogP contribution in [0.2, 0.25) is 0 Å². The maximum Gasteiger partial charge on any atom is 0.142 e. The molecule has 0 saturated heterocycles. The standard InChI is InChI=1S/C20H17N3/c1-15-9-10-19-17(12-15)14-23(18-7-3-2-4-8-18)20(22-19)16-6-5-11-21-13-16/h2-13H,14H2,1H3. The molecule has 0 fully saturated rings. The number of hydrogen-bond donors (Lipinski definition) is 0. The lowest BCUT2D eigenvalue weighted by molar-refractivity contribution is 0.973. The quantitative estimate of drug-likeness (QED) is 0.697. The van der Waals surface area contributed by atoms with Gasteiger partial charge in [0.15, 0.2) is 0 Å². The van der Waals surface area contributed by atoms with Crippen LogP contribution < -0.4 is 4.90 Å². The SMILES string of the molecule is Cc1ccc2c(c1)CN(c1ccccc1)C(c1cccnc1)=N2. The van der Waals surface area contributed by atoms with Gasteiger partial charge in [0.1, 0.15) is 5.84 Å². The van der Waals surface area contributed by atoms with Gasteiger partial charge in [0.05, 0.1) is 12.2 Å². The predicted molar refractivity (Wildman–Crippen MR) is 94.2 cm³/mol. The Hall–Kier alpha value is -2.94. The maximum atomic E-state index is 4.92. The first-order valence-corrected chi connectivity index (χ1v) is 7.72. The van der Waals surface area contributed by atoms with Crippen molar-refractivity contribution in [2.24, 2.45) is 4.99 Å². The molecule has 23 heavy (non-hydrogen) atoms. The fraction of sp³-hybridized carbons (Fsp3) is 0.100. The fourth-order valence-corrected chi connectivity index (χ4v) is 2.91. The number of amidine groups is 1. The van der Waals surface area contributed by atoms with E-state index in [1.54, 1.807) is 6.20 Å². The zero-order valence-corrected chi connectivity index (χ0v) is 13.0. The second-order valence-corrected chi connectivity index (χ2v) is 5.73. The van der Waals surface area contributed by atoms with Crippen molar-refractivity contribution >= 4 is 17.2 Å². The molecule has 2 aromatic carbocycles. The number of anilines is 1. The van der Waals surface area contributed by atoms with Gasteiger partial charge in [-0.1, -0.05) is 35.9 Å². The molecule has 0 unspecified atom stereocenters. The summed E-state index contributed by atoms with van der Waals surface area (Å²) in [5, 5.41) is 0. The molecule has 0 N–H and O–H groups in total. The van der Waals surface area contributed by atoms with Crippen LogP contribution in [0.15, 0.2) is 78.0 Å². The zero-order valence-electron chi connectivity index (χ0n) is 13.0. The average molecular weight is 299 g/mol. The van der Waals surface area contributed by atoms with Crippen LogP contribution in [0, 0.1) is 6.92 Å². The highest BCUT2D eigenvalue weighted by molar-refractivity contribution is 6.11. The van der Waals surface area contributed by atoms with E-state index in [1.165, 1.54) is 11.1 Å². The summed E-state index contributed by atoms with van der Waals surface area (Å²) in [6.45, 7) is 2.93. The average Bonchev–Trinajstić information content (AvgIpc) is 2.62. The summed E-state index contributed by atoms with van der Waals surface area (Å²) in [5.41, 5.74) is 5.73. The largest absolute Gasteiger partial charge is 0.321 e. The molecule has 0 saturated carbocycles. The third-order valence-corrected chi connectivity index (χ3v) is 4.03. The first kappa shape index (κ1) is 13.7. The lowest BCUT2D eigenvalue weighted by Gasteiger charge is -2.31. The summed E-state index contributed by atoms with van der Waals surface area (Å²) in [4.78, 5) is 11.4. The summed E-state index contributed by atoms with van der Waals surface area (Å²) in [6, 6.07) is 20.8. The molecule has 0 aliphatic carbocycles. The first-order valence-electron chi connectivity index (χ1n) is 7.72. The summed E-state index contributed by atoms with van der Waals surface area (Å²) in [6.07, 6.45) is 3.66. The van der Waals surface area contributed by atoms with Crippen LogP contribution in [-0.2, 0) is 6.54 Å². The Labute approximate surface area is 136 Å². The van der Waals surface area contributed by atoms with Crippen molar-refractivity contribution < 1.29 is 0 Å². The van der Waals surface area contributed by atoms with Crippen LogP contribution >= 0.6 is 0 Å². The molecule has 1 aliphatic rings. The third kappa shape index (κ3) is 2.61. The van der Waals surface area contributed by atoms with Crippen molar-refractivity contribution in [2.75, 3.05) is 4.90 Å². The van der Waals surface area contributed by atoms with Crippen LogP contribution in [-0.4, -0.2) is 10.8 Å². The van der Waals surface area contributed by atoms with Gasteiger partial charge in [-0.3, -0.25) is 4.98 Å². The molecule has 3 nitrogen and oxygen atoms in total. The number of hydrogen-bond acceptors (Lipinski definition) is 3. The number of pyridine rings is 1. The Morgan fingerprint density at radius 1 is 0.957 bits per heavy atom. The van der Waals surface area contributed by atoms with E-state index in [2.05, 4.69) is 65.3 Å². The summed E-state index contributed by atoms with van der Waals surface area (Å²) in [7, 11) is 0.